The molecule has 5 heterocycles. The van der Waals surface area contributed by atoms with Gasteiger partial charge in [0.1, 0.15) is 22.7 Å². The lowest BCUT2D eigenvalue weighted by Crippen LogP contribution is -2.43. The van der Waals surface area contributed by atoms with Gasteiger partial charge in [-0.3, -0.25) is 0 Å². The smallest absolute Gasteiger partial charge is 0.253 e. The Bertz CT molecular complexity index is 1680. The molecule has 4 aromatic heterocycles. The van der Waals surface area contributed by atoms with E-state index in [0.29, 0.717) is 19.6 Å². The van der Waals surface area contributed by atoms with Gasteiger partial charge >= 0.3 is 0 Å². The first-order valence-corrected chi connectivity index (χ1v) is 15.2. The zero-order valence-electron chi connectivity index (χ0n) is 26.7. The summed E-state index contributed by atoms with van der Waals surface area (Å²) >= 11 is 0. The molecule has 5 rings (SSSR count). The Labute approximate surface area is 292 Å². The van der Waals surface area contributed by atoms with Crippen LogP contribution in [0.2, 0.25) is 0 Å². The summed E-state index contributed by atoms with van der Waals surface area (Å²) in [7, 11) is 0. The van der Waals surface area contributed by atoms with Gasteiger partial charge in [0, 0.05) is 52.4 Å². The van der Waals surface area contributed by atoms with E-state index in [4.69, 9.17) is 0 Å². The van der Waals surface area contributed by atoms with Crippen molar-refractivity contribution in [2.75, 3.05) is 72.0 Å². The summed E-state index contributed by atoms with van der Waals surface area (Å²) in [6.07, 6.45) is -1.31. The molecule has 0 unspecified atom stereocenters. The maximum absolute atomic E-state index is 15.0. The van der Waals surface area contributed by atoms with Crippen molar-refractivity contribution in [1.82, 2.24) is 19.9 Å². The van der Waals surface area contributed by atoms with Crippen molar-refractivity contribution in [3.63, 3.8) is 0 Å². The third-order valence-corrected chi connectivity index (χ3v) is 8.15. The fourth-order valence-corrected chi connectivity index (χ4v) is 5.74. The van der Waals surface area contributed by atoms with Gasteiger partial charge in [-0.05, 0) is 12.8 Å². The predicted octanol–water partition coefficient (Wildman–Crippen LogP) is 6.61. The van der Waals surface area contributed by atoms with E-state index >= 15 is 0 Å². The monoisotopic (exact) mass is 796 g/mol. The van der Waals surface area contributed by atoms with E-state index in [1.807, 2.05) is 0 Å². The highest BCUT2D eigenvalue weighted by Gasteiger charge is 2.32. The maximum Gasteiger partial charge on any atom is 0.253 e. The molecule has 1 aliphatic rings. The molecule has 24 heteroatoms. The number of halogens is 16. The van der Waals surface area contributed by atoms with E-state index in [2.05, 4.69) is 19.9 Å². The van der Waals surface area contributed by atoms with E-state index in [-0.39, 0.29) is 0 Å². The van der Waals surface area contributed by atoms with Gasteiger partial charge in [0.05, 0.1) is 0 Å². The molecule has 0 saturated carbocycles. The minimum atomic E-state index is -2.17. The lowest BCUT2D eigenvalue weighted by molar-refractivity contribution is 0.400. The number of nitrogens with zero attached hydrogens (tertiary/aromatic N) is 8. The van der Waals surface area contributed by atoms with Crippen molar-refractivity contribution in [1.29, 1.82) is 0 Å². The highest BCUT2D eigenvalue weighted by Crippen LogP contribution is 2.32. The van der Waals surface area contributed by atoms with Gasteiger partial charge in [0.15, 0.2) is 0 Å². The van der Waals surface area contributed by atoms with Crippen molar-refractivity contribution in [2.45, 2.75) is 12.8 Å². The van der Waals surface area contributed by atoms with Crippen LogP contribution in [0.25, 0.3) is 0 Å². The van der Waals surface area contributed by atoms with E-state index in [0.717, 1.165) is 0 Å². The second-order valence-corrected chi connectivity index (χ2v) is 11.3. The summed E-state index contributed by atoms with van der Waals surface area (Å²) in [6, 6.07) is 0. The molecule has 292 valence electrons. The van der Waals surface area contributed by atoms with Crippen LogP contribution in [0, 0.1) is 94.1 Å². The molecule has 0 atom stereocenters. The Kier molecular flexibility index (Phi) is 11.8. The van der Waals surface area contributed by atoms with Crippen molar-refractivity contribution in [2.24, 2.45) is 0 Å². The summed E-state index contributed by atoms with van der Waals surface area (Å²) < 4.78 is 233. The molecule has 8 nitrogen and oxygen atoms in total. The van der Waals surface area contributed by atoms with Crippen LogP contribution in [-0.4, -0.2) is 72.3 Å². The average Bonchev–Trinajstić information content (AvgIpc) is 3.11. The van der Waals surface area contributed by atoms with E-state index in [9.17, 15) is 70.2 Å². The summed E-state index contributed by atoms with van der Waals surface area (Å²) in [5.41, 5.74) is -5.93. The molecular formula is C30H20F16N8. The highest BCUT2D eigenvalue weighted by atomic mass is 19.2. The summed E-state index contributed by atoms with van der Waals surface area (Å²) in [5.74, 6) is -34.3. The van der Waals surface area contributed by atoms with Gasteiger partial charge < -0.3 is 19.6 Å². The molecule has 54 heavy (non-hydrogen) atoms. The fraction of sp³-hybridized carbons (Fsp3) is 0.333. The van der Waals surface area contributed by atoms with Crippen LogP contribution in [0.1, 0.15) is 12.8 Å². The van der Waals surface area contributed by atoms with Crippen molar-refractivity contribution < 1.29 is 70.2 Å². The average molecular weight is 797 g/mol. The minimum absolute atomic E-state index is 0.499. The quantitative estimate of drug-likeness (QED) is 0.169. The Morgan fingerprint density at radius 2 is 0.389 bits per heavy atom. The molecule has 0 amide bonds. The summed E-state index contributed by atoms with van der Waals surface area (Å²) in [4.78, 5) is 11.7. The highest BCUT2D eigenvalue weighted by molar-refractivity contribution is 5.54. The van der Waals surface area contributed by atoms with Crippen LogP contribution >= 0.6 is 0 Å². The normalized spacial score (nSPS) is 15.3. The van der Waals surface area contributed by atoms with Gasteiger partial charge in [-0.15, -0.1) is 0 Å². The first kappa shape index (κ1) is 39.9. The first-order valence-electron chi connectivity index (χ1n) is 15.2. The van der Waals surface area contributed by atoms with E-state index in [1.54, 1.807) is 0 Å². The second kappa shape index (κ2) is 16.0. The molecule has 0 radical (unpaired) electrons. The second-order valence-electron chi connectivity index (χ2n) is 11.3. The molecular weight excluding hydrogens is 776 g/mol. The SMILES string of the molecule is Fc1nc(F)c(F)c(N2CCCN(c3c(F)c(F)nc(F)c3F)CCN(c3c(F)c(F)nc(F)c3F)CCCN(c3c(F)c(F)nc(F)c3F)CC2)c1F. The Balaban J connectivity index is 1.64. The largest absolute Gasteiger partial charge is 0.365 e. The molecule has 0 spiro atoms. The molecule has 0 bridgehead atoms. The third kappa shape index (κ3) is 7.67. The molecule has 4 aromatic rings. The van der Waals surface area contributed by atoms with Crippen LogP contribution in [0.5, 0.6) is 0 Å². The van der Waals surface area contributed by atoms with Crippen molar-refractivity contribution in [3.8, 4) is 0 Å². The lowest BCUT2D eigenvalue weighted by Gasteiger charge is -2.35. The Hall–Kier alpha value is -5.32. The fourth-order valence-electron chi connectivity index (χ4n) is 5.74. The Morgan fingerprint density at radius 1 is 0.241 bits per heavy atom. The van der Waals surface area contributed by atoms with Crippen molar-refractivity contribution >= 4 is 22.7 Å². The first-order chi connectivity index (χ1) is 25.4. The number of anilines is 4. The zero-order valence-corrected chi connectivity index (χ0v) is 26.7. The van der Waals surface area contributed by atoms with Crippen LogP contribution in [0.4, 0.5) is 93.0 Å². The van der Waals surface area contributed by atoms with Gasteiger partial charge in [0.25, 0.3) is 47.6 Å². The maximum atomic E-state index is 15.0. The summed E-state index contributed by atoms with van der Waals surface area (Å²) in [5, 5.41) is 0. The van der Waals surface area contributed by atoms with Gasteiger partial charge in [-0.25, -0.2) is 0 Å². The standard InChI is InChI=1S/C30H20F16N8/c31-11-19(12(32)24(40)47-23(11)39)51-3-1-4-52(20-13(33)25(41)48-26(42)14(20)34)8-10-54(22-17(37)29(45)50-30(46)18(22)38)6-2-5-53(9-7-51)21-15(35)27(43)49-28(44)16(21)36/h1-10H2. The minimum Gasteiger partial charge on any atom is -0.365 e. The van der Waals surface area contributed by atoms with Gasteiger partial charge in [-0.2, -0.15) is 90.2 Å². The molecule has 1 fully saturated rings. The number of rotatable bonds is 4. The van der Waals surface area contributed by atoms with Crippen LogP contribution in [0.15, 0.2) is 0 Å². The molecule has 0 aromatic carbocycles. The number of aromatic nitrogens is 4. The van der Waals surface area contributed by atoms with Crippen LogP contribution < -0.4 is 19.6 Å². The molecule has 1 saturated heterocycles. The molecule has 1 aliphatic heterocycles. The van der Waals surface area contributed by atoms with E-state index < -0.39 is 182 Å². The number of hydrogen-bond donors (Lipinski definition) is 0. The predicted molar refractivity (Wildman–Crippen MR) is 154 cm³/mol. The van der Waals surface area contributed by atoms with E-state index in [1.165, 1.54) is 0 Å². The van der Waals surface area contributed by atoms with Crippen LogP contribution in [0.3, 0.4) is 0 Å². The van der Waals surface area contributed by atoms with Crippen molar-refractivity contribution in [3.05, 3.63) is 94.1 Å². The van der Waals surface area contributed by atoms with Gasteiger partial charge in [0.2, 0.25) is 46.5 Å². The van der Waals surface area contributed by atoms with Crippen LogP contribution in [-0.2, 0) is 0 Å². The Morgan fingerprint density at radius 3 is 0.537 bits per heavy atom. The molecule has 0 N–H and O–H groups in total. The zero-order chi connectivity index (χ0) is 39.8. The summed E-state index contributed by atoms with van der Waals surface area (Å²) in [6.45, 7) is -7.13. The third-order valence-electron chi connectivity index (χ3n) is 8.15. The van der Waals surface area contributed by atoms with Gasteiger partial charge in [-0.1, -0.05) is 0 Å². The molecule has 0 aliphatic carbocycles. The number of hydrogen-bond acceptors (Lipinski definition) is 8. The number of pyridine rings is 4. The lowest BCUT2D eigenvalue weighted by atomic mass is 10.2. The topological polar surface area (TPSA) is 64.5 Å².